The molecule has 2 rings (SSSR count). The number of cyclic esters (lactones) is 1. The lowest BCUT2D eigenvalue weighted by Gasteiger charge is -2.32. The molecule has 1 aromatic rings. The van der Waals surface area contributed by atoms with Crippen LogP contribution in [0.15, 0.2) is 24.3 Å². The molecular weight excluding hydrogens is 218 g/mol. The summed E-state index contributed by atoms with van der Waals surface area (Å²) in [5.41, 5.74) is 2.00. The van der Waals surface area contributed by atoms with Gasteiger partial charge in [0.25, 0.3) is 0 Å². The van der Waals surface area contributed by atoms with Crippen LogP contribution in [0.2, 0.25) is 0 Å². The van der Waals surface area contributed by atoms with E-state index in [0.29, 0.717) is 13.2 Å². The maximum atomic E-state index is 11.7. The molecule has 1 saturated heterocycles. The summed E-state index contributed by atoms with van der Waals surface area (Å²) < 4.78 is 5.07. The van der Waals surface area contributed by atoms with Crippen molar-refractivity contribution in [2.45, 2.75) is 13.3 Å². The summed E-state index contributed by atoms with van der Waals surface area (Å²) in [7, 11) is 0. The zero-order chi connectivity index (χ0) is 12.3. The molecule has 1 N–H and O–H groups in total. The Morgan fingerprint density at radius 2 is 2.24 bits per heavy atom. The molecule has 1 atom stereocenters. The number of rotatable bonds is 3. The van der Waals surface area contributed by atoms with Gasteiger partial charge in [-0.1, -0.05) is 25.1 Å². The number of amides is 1. The minimum atomic E-state index is -0.324. The summed E-state index contributed by atoms with van der Waals surface area (Å²) in [5, 5.41) is 9.15. The van der Waals surface area contributed by atoms with E-state index in [-0.39, 0.29) is 18.6 Å². The number of para-hydroxylation sites is 1. The van der Waals surface area contributed by atoms with E-state index < -0.39 is 0 Å². The second-order valence-electron chi connectivity index (χ2n) is 4.22. The summed E-state index contributed by atoms with van der Waals surface area (Å²) >= 11 is 0. The normalized spacial score (nSPS) is 20.2. The number of carbonyl (C=O) groups excluding carboxylic acids is 1. The number of aryl methyl sites for hydroxylation is 1. The second-order valence-corrected chi connectivity index (χ2v) is 4.22. The van der Waals surface area contributed by atoms with E-state index in [1.54, 1.807) is 4.90 Å². The Bertz CT molecular complexity index is 405. The molecule has 1 aliphatic heterocycles. The van der Waals surface area contributed by atoms with Crippen molar-refractivity contribution in [2.75, 3.05) is 24.7 Å². The highest BCUT2D eigenvalue weighted by Gasteiger charge is 2.28. The number of benzene rings is 1. The van der Waals surface area contributed by atoms with Crippen molar-refractivity contribution in [2.24, 2.45) is 5.92 Å². The number of anilines is 1. The van der Waals surface area contributed by atoms with E-state index in [2.05, 4.69) is 6.92 Å². The fourth-order valence-electron chi connectivity index (χ4n) is 2.03. The SMILES string of the molecule is CCc1ccccc1N1CC(CO)COC1=O. The molecule has 1 heterocycles. The number of aliphatic hydroxyl groups excluding tert-OH is 1. The minimum Gasteiger partial charge on any atom is -0.449 e. The quantitative estimate of drug-likeness (QED) is 0.869. The molecule has 92 valence electrons. The third-order valence-electron chi connectivity index (χ3n) is 3.03. The van der Waals surface area contributed by atoms with Crippen LogP contribution in [0.5, 0.6) is 0 Å². The van der Waals surface area contributed by atoms with Crippen molar-refractivity contribution in [1.82, 2.24) is 0 Å². The molecule has 0 aliphatic carbocycles. The smallest absolute Gasteiger partial charge is 0.414 e. The molecule has 0 bridgehead atoms. The van der Waals surface area contributed by atoms with Crippen molar-refractivity contribution in [3.8, 4) is 0 Å². The van der Waals surface area contributed by atoms with Gasteiger partial charge in [-0.2, -0.15) is 0 Å². The summed E-state index contributed by atoms with van der Waals surface area (Å²) in [5.74, 6) is -0.00221. The average molecular weight is 235 g/mol. The Morgan fingerprint density at radius 1 is 1.47 bits per heavy atom. The molecular formula is C13H17NO3. The van der Waals surface area contributed by atoms with Gasteiger partial charge in [-0.3, -0.25) is 4.90 Å². The molecule has 0 aromatic heterocycles. The van der Waals surface area contributed by atoms with E-state index in [0.717, 1.165) is 17.7 Å². The van der Waals surface area contributed by atoms with E-state index in [1.165, 1.54) is 0 Å². The van der Waals surface area contributed by atoms with E-state index >= 15 is 0 Å². The Balaban J connectivity index is 2.27. The number of hydrogen-bond donors (Lipinski definition) is 1. The van der Waals surface area contributed by atoms with Crippen LogP contribution in [0.25, 0.3) is 0 Å². The van der Waals surface area contributed by atoms with Crippen LogP contribution in [0.3, 0.4) is 0 Å². The van der Waals surface area contributed by atoms with Gasteiger partial charge in [-0.15, -0.1) is 0 Å². The molecule has 1 aliphatic rings. The molecule has 4 nitrogen and oxygen atoms in total. The van der Waals surface area contributed by atoms with E-state index in [4.69, 9.17) is 9.84 Å². The number of carbonyl (C=O) groups is 1. The predicted octanol–water partition coefficient (Wildman–Crippen LogP) is 1.81. The van der Waals surface area contributed by atoms with Gasteiger partial charge in [0.1, 0.15) is 0 Å². The third-order valence-corrected chi connectivity index (χ3v) is 3.03. The molecule has 1 amide bonds. The molecule has 0 spiro atoms. The largest absolute Gasteiger partial charge is 0.449 e. The standard InChI is InChI=1S/C13H17NO3/c1-2-11-5-3-4-6-12(11)14-7-10(8-15)9-17-13(14)16/h3-6,10,15H,2,7-9H2,1H3. The zero-order valence-corrected chi connectivity index (χ0v) is 9.93. The first-order valence-corrected chi connectivity index (χ1v) is 5.89. The molecule has 1 unspecified atom stereocenters. The third kappa shape index (κ3) is 2.42. The van der Waals surface area contributed by atoms with Gasteiger partial charge in [0.2, 0.25) is 0 Å². The van der Waals surface area contributed by atoms with Gasteiger partial charge in [0, 0.05) is 12.5 Å². The van der Waals surface area contributed by atoms with Crippen LogP contribution in [0.1, 0.15) is 12.5 Å². The van der Waals surface area contributed by atoms with Crippen LogP contribution in [-0.2, 0) is 11.2 Å². The van der Waals surface area contributed by atoms with Crippen LogP contribution in [-0.4, -0.2) is 31.0 Å². The first kappa shape index (κ1) is 11.9. The molecule has 0 radical (unpaired) electrons. The van der Waals surface area contributed by atoms with Gasteiger partial charge < -0.3 is 9.84 Å². The highest BCUT2D eigenvalue weighted by Crippen LogP contribution is 2.25. The van der Waals surface area contributed by atoms with Crippen molar-refractivity contribution < 1.29 is 14.6 Å². The van der Waals surface area contributed by atoms with Gasteiger partial charge >= 0.3 is 6.09 Å². The van der Waals surface area contributed by atoms with Gasteiger partial charge in [-0.25, -0.2) is 4.79 Å². The lowest BCUT2D eigenvalue weighted by atomic mass is 10.1. The van der Waals surface area contributed by atoms with E-state index in [9.17, 15) is 4.79 Å². The van der Waals surface area contributed by atoms with Crippen molar-refractivity contribution in [3.63, 3.8) is 0 Å². The molecule has 1 fully saturated rings. The Hall–Kier alpha value is -1.55. The summed E-state index contributed by atoms with van der Waals surface area (Å²) in [4.78, 5) is 13.4. The van der Waals surface area contributed by atoms with Crippen LogP contribution >= 0.6 is 0 Å². The zero-order valence-electron chi connectivity index (χ0n) is 9.93. The first-order valence-electron chi connectivity index (χ1n) is 5.89. The predicted molar refractivity (Wildman–Crippen MR) is 65.1 cm³/mol. The van der Waals surface area contributed by atoms with Gasteiger partial charge in [0.15, 0.2) is 0 Å². The minimum absolute atomic E-state index is 0.00221. The summed E-state index contributed by atoms with van der Waals surface area (Å²) in [6, 6.07) is 7.79. The molecule has 17 heavy (non-hydrogen) atoms. The van der Waals surface area contributed by atoms with Gasteiger partial charge in [0.05, 0.1) is 18.9 Å². The fourth-order valence-corrected chi connectivity index (χ4v) is 2.03. The number of ether oxygens (including phenoxy) is 1. The summed E-state index contributed by atoms with van der Waals surface area (Å²) in [6.07, 6.45) is 0.541. The lowest BCUT2D eigenvalue weighted by Crippen LogP contribution is -2.44. The Morgan fingerprint density at radius 3 is 2.94 bits per heavy atom. The highest BCUT2D eigenvalue weighted by atomic mass is 16.6. The first-order chi connectivity index (χ1) is 8.26. The summed E-state index contributed by atoms with van der Waals surface area (Å²) in [6.45, 7) is 2.92. The van der Waals surface area contributed by atoms with Crippen LogP contribution in [0, 0.1) is 5.92 Å². The van der Waals surface area contributed by atoms with Crippen LogP contribution < -0.4 is 4.90 Å². The molecule has 4 heteroatoms. The average Bonchev–Trinajstić information content (AvgIpc) is 2.39. The van der Waals surface area contributed by atoms with E-state index in [1.807, 2.05) is 24.3 Å². The van der Waals surface area contributed by atoms with Gasteiger partial charge in [-0.05, 0) is 18.1 Å². The highest BCUT2D eigenvalue weighted by molar-refractivity contribution is 5.89. The van der Waals surface area contributed by atoms with Crippen molar-refractivity contribution >= 4 is 11.8 Å². The number of hydrogen-bond acceptors (Lipinski definition) is 3. The Labute approximate surface area is 101 Å². The van der Waals surface area contributed by atoms with Crippen molar-refractivity contribution in [1.29, 1.82) is 0 Å². The van der Waals surface area contributed by atoms with Crippen molar-refractivity contribution in [3.05, 3.63) is 29.8 Å². The maximum Gasteiger partial charge on any atom is 0.414 e. The number of aliphatic hydroxyl groups is 1. The second kappa shape index (κ2) is 5.19. The maximum absolute atomic E-state index is 11.7. The molecule has 0 saturated carbocycles. The topological polar surface area (TPSA) is 49.8 Å². The molecule has 1 aromatic carbocycles. The lowest BCUT2D eigenvalue weighted by molar-refractivity contribution is 0.0899. The fraction of sp³-hybridized carbons (Fsp3) is 0.462. The number of nitrogens with zero attached hydrogens (tertiary/aromatic N) is 1. The monoisotopic (exact) mass is 235 g/mol. The van der Waals surface area contributed by atoms with Crippen LogP contribution in [0.4, 0.5) is 10.5 Å². The Kier molecular flexibility index (Phi) is 3.64.